The lowest BCUT2D eigenvalue weighted by molar-refractivity contribution is 0.249. The number of nitrogens with one attached hydrogen (secondary N) is 2. The van der Waals surface area contributed by atoms with Crippen molar-refractivity contribution in [3.05, 3.63) is 18.3 Å². The van der Waals surface area contributed by atoms with E-state index in [1.807, 2.05) is 6.07 Å². The van der Waals surface area contributed by atoms with E-state index < -0.39 is 6.03 Å². The minimum Gasteiger partial charge on any atom is -0.384 e. The lowest BCUT2D eigenvalue weighted by atomic mass is 10.4. The normalized spacial score (nSPS) is 9.43. The van der Waals surface area contributed by atoms with Gasteiger partial charge in [0.1, 0.15) is 5.82 Å². The van der Waals surface area contributed by atoms with Crippen LogP contribution < -0.4 is 22.1 Å². The van der Waals surface area contributed by atoms with Crippen LogP contribution in [0.15, 0.2) is 18.3 Å². The monoisotopic (exact) mass is 195 g/mol. The summed E-state index contributed by atoms with van der Waals surface area (Å²) in [5, 5.41) is 5.50. The molecule has 0 atom stereocenters. The first-order valence-corrected chi connectivity index (χ1v) is 4.17. The summed E-state index contributed by atoms with van der Waals surface area (Å²) in [6, 6.07) is 2.98. The minimum absolute atomic E-state index is 0.472. The Morgan fingerprint density at radius 2 is 2.21 bits per heavy atom. The molecule has 76 valence electrons. The number of rotatable bonds is 4. The van der Waals surface area contributed by atoms with Gasteiger partial charge in [0, 0.05) is 13.1 Å². The van der Waals surface area contributed by atoms with Crippen molar-refractivity contribution >= 4 is 17.5 Å². The molecule has 0 saturated heterocycles. The molecule has 0 unspecified atom stereocenters. The summed E-state index contributed by atoms with van der Waals surface area (Å²) in [5.41, 5.74) is 11.1. The maximum atomic E-state index is 10.3. The summed E-state index contributed by atoms with van der Waals surface area (Å²) >= 11 is 0. The third kappa shape index (κ3) is 3.61. The van der Waals surface area contributed by atoms with E-state index >= 15 is 0 Å². The highest BCUT2D eigenvalue weighted by Crippen LogP contribution is 2.05. The van der Waals surface area contributed by atoms with Gasteiger partial charge in [-0.25, -0.2) is 9.78 Å². The number of aromatic nitrogens is 1. The highest BCUT2D eigenvalue weighted by Gasteiger charge is 1.93. The van der Waals surface area contributed by atoms with E-state index in [0.29, 0.717) is 18.9 Å². The number of carbonyl (C=O) groups excluding carboxylic acids is 1. The van der Waals surface area contributed by atoms with Crippen molar-refractivity contribution in [1.29, 1.82) is 0 Å². The molecule has 0 aliphatic carbocycles. The van der Waals surface area contributed by atoms with Gasteiger partial charge in [-0.3, -0.25) is 0 Å². The molecular weight excluding hydrogens is 182 g/mol. The molecule has 1 rings (SSSR count). The van der Waals surface area contributed by atoms with Crippen LogP contribution in [-0.2, 0) is 0 Å². The number of urea groups is 1. The van der Waals surface area contributed by atoms with Crippen molar-refractivity contribution in [2.75, 3.05) is 24.1 Å². The summed E-state index contributed by atoms with van der Waals surface area (Å²) in [4.78, 5) is 14.2. The molecular formula is C8H13N5O. The third-order valence-corrected chi connectivity index (χ3v) is 1.54. The van der Waals surface area contributed by atoms with Crippen LogP contribution in [-0.4, -0.2) is 24.1 Å². The summed E-state index contributed by atoms with van der Waals surface area (Å²) in [6.45, 7) is 1.06. The van der Waals surface area contributed by atoms with Gasteiger partial charge in [-0.1, -0.05) is 0 Å². The van der Waals surface area contributed by atoms with Gasteiger partial charge >= 0.3 is 6.03 Å². The standard InChI is InChI=1S/C8H13N5O/c9-7-2-1-6(5-13-7)11-3-4-12-8(10)14/h1-2,5,11H,3-4H2,(H2,9,13)(H3,10,12,14). The van der Waals surface area contributed by atoms with Crippen LogP contribution in [0, 0.1) is 0 Å². The molecule has 6 heteroatoms. The van der Waals surface area contributed by atoms with E-state index in [0.717, 1.165) is 5.69 Å². The van der Waals surface area contributed by atoms with Crippen molar-refractivity contribution in [2.45, 2.75) is 0 Å². The molecule has 0 spiro atoms. The largest absolute Gasteiger partial charge is 0.384 e. The fourth-order valence-corrected chi connectivity index (χ4v) is 0.902. The molecule has 6 N–H and O–H groups in total. The maximum absolute atomic E-state index is 10.3. The number of nitrogen functional groups attached to an aromatic ring is 1. The first kappa shape index (κ1) is 10.1. The zero-order valence-electron chi connectivity index (χ0n) is 7.66. The summed E-state index contributed by atoms with van der Waals surface area (Å²) < 4.78 is 0. The Morgan fingerprint density at radius 3 is 2.79 bits per heavy atom. The molecule has 0 fully saturated rings. The second-order valence-corrected chi connectivity index (χ2v) is 2.69. The molecule has 2 amide bonds. The number of nitrogens with zero attached hydrogens (tertiary/aromatic N) is 1. The van der Waals surface area contributed by atoms with E-state index in [9.17, 15) is 4.79 Å². The Balaban J connectivity index is 2.25. The van der Waals surface area contributed by atoms with Crippen molar-refractivity contribution in [3.8, 4) is 0 Å². The summed E-state index contributed by atoms with van der Waals surface area (Å²) in [6.07, 6.45) is 1.62. The molecule has 0 radical (unpaired) electrons. The van der Waals surface area contributed by atoms with Gasteiger partial charge in [-0.15, -0.1) is 0 Å². The van der Waals surface area contributed by atoms with Gasteiger partial charge < -0.3 is 22.1 Å². The highest BCUT2D eigenvalue weighted by atomic mass is 16.2. The van der Waals surface area contributed by atoms with Crippen molar-refractivity contribution in [1.82, 2.24) is 10.3 Å². The number of carbonyl (C=O) groups is 1. The Morgan fingerprint density at radius 1 is 1.43 bits per heavy atom. The van der Waals surface area contributed by atoms with E-state index in [1.165, 1.54) is 0 Å². The maximum Gasteiger partial charge on any atom is 0.312 e. The molecule has 1 aromatic heterocycles. The van der Waals surface area contributed by atoms with Crippen LogP contribution in [0.4, 0.5) is 16.3 Å². The Bertz CT molecular complexity index is 297. The van der Waals surface area contributed by atoms with Gasteiger partial charge in [0.25, 0.3) is 0 Å². The second kappa shape index (κ2) is 4.90. The van der Waals surface area contributed by atoms with E-state index in [4.69, 9.17) is 11.5 Å². The zero-order valence-corrected chi connectivity index (χ0v) is 7.66. The van der Waals surface area contributed by atoms with Crippen LogP contribution in [0.2, 0.25) is 0 Å². The number of anilines is 2. The SMILES string of the molecule is NC(=O)NCCNc1ccc(N)nc1. The topological polar surface area (TPSA) is 106 Å². The summed E-state index contributed by atoms with van der Waals surface area (Å²) in [5.74, 6) is 0.478. The molecule has 0 aliphatic rings. The van der Waals surface area contributed by atoms with Gasteiger partial charge in [0.15, 0.2) is 0 Å². The van der Waals surface area contributed by atoms with Crippen LogP contribution in [0.25, 0.3) is 0 Å². The molecule has 0 bridgehead atoms. The molecule has 0 aromatic carbocycles. The first-order chi connectivity index (χ1) is 6.68. The van der Waals surface area contributed by atoms with Crippen molar-refractivity contribution < 1.29 is 4.79 Å². The Hall–Kier alpha value is -1.98. The minimum atomic E-state index is -0.526. The molecule has 0 aliphatic heterocycles. The van der Waals surface area contributed by atoms with Crippen molar-refractivity contribution in [3.63, 3.8) is 0 Å². The molecule has 1 aromatic rings. The van der Waals surface area contributed by atoms with Gasteiger partial charge in [0.05, 0.1) is 11.9 Å². The average Bonchev–Trinajstić information content (AvgIpc) is 2.15. The van der Waals surface area contributed by atoms with Crippen LogP contribution in [0.3, 0.4) is 0 Å². The molecule has 14 heavy (non-hydrogen) atoms. The molecule has 0 saturated carbocycles. The van der Waals surface area contributed by atoms with Gasteiger partial charge in [-0.05, 0) is 12.1 Å². The van der Waals surface area contributed by atoms with Crippen LogP contribution in [0.5, 0.6) is 0 Å². The predicted octanol–water partition coefficient (Wildman–Crippen LogP) is -0.256. The van der Waals surface area contributed by atoms with E-state index in [1.54, 1.807) is 12.3 Å². The highest BCUT2D eigenvalue weighted by molar-refractivity contribution is 5.71. The lowest BCUT2D eigenvalue weighted by Crippen LogP contribution is -2.33. The van der Waals surface area contributed by atoms with Gasteiger partial charge in [0.2, 0.25) is 0 Å². The van der Waals surface area contributed by atoms with Crippen LogP contribution >= 0.6 is 0 Å². The molecule has 1 heterocycles. The lowest BCUT2D eigenvalue weighted by Gasteiger charge is -2.05. The number of hydrogen-bond acceptors (Lipinski definition) is 4. The fourth-order valence-electron chi connectivity index (χ4n) is 0.902. The van der Waals surface area contributed by atoms with Crippen LogP contribution in [0.1, 0.15) is 0 Å². The Labute approximate surface area is 81.7 Å². The predicted molar refractivity (Wildman–Crippen MR) is 54.7 cm³/mol. The smallest absolute Gasteiger partial charge is 0.312 e. The summed E-state index contributed by atoms with van der Waals surface area (Å²) in [7, 11) is 0. The van der Waals surface area contributed by atoms with Gasteiger partial charge in [-0.2, -0.15) is 0 Å². The quantitative estimate of drug-likeness (QED) is 0.497. The average molecular weight is 195 g/mol. The number of pyridine rings is 1. The second-order valence-electron chi connectivity index (χ2n) is 2.69. The van der Waals surface area contributed by atoms with E-state index in [-0.39, 0.29) is 0 Å². The number of hydrogen-bond donors (Lipinski definition) is 4. The van der Waals surface area contributed by atoms with Crippen molar-refractivity contribution in [2.24, 2.45) is 5.73 Å². The number of primary amides is 1. The third-order valence-electron chi connectivity index (χ3n) is 1.54. The zero-order chi connectivity index (χ0) is 10.4. The van der Waals surface area contributed by atoms with E-state index in [2.05, 4.69) is 15.6 Å². The first-order valence-electron chi connectivity index (χ1n) is 4.17. The molecule has 6 nitrogen and oxygen atoms in total. The fraction of sp³-hybridized carbons (Fsp3) is 0.250. The number of nitrogens with two attached hydrogens (primary N) is 2. The Kier molecular flexibility index (Phi) is 3.54. The number of amides is 2.